The molecule has 15 heavy (non-hydrogen) atoms. The number of carboxylic acids is 1. The Morgan fingerprint density at radius 3 is 2.80 bits per heavy atom. The highest BCUT2D eigenvalue weighted by molar-refractivity contribution is 5.73. The summed E-state index contributed by atoms with van der Waals surface area (Å²) in [5, 5.41) is 8.77. The Morgan fingerprint density at radius 2 is 2.33 bits per heavy atom. The zero-order chi connectivity index (χ0) is 11.3. The molecule has 0 bridgehead atoms. The first kappa shape index (κ1) is 11.4. The second kappa shape index (κ2) is 5.29. The highest BCUT2D eigenvalue weighted by Crippen LogP contribution is 2.10. The maximum atomic E-state index is 10.7. The van der Waals surface area contributed by atoms with Crippen molar-refractivity contribution in [3.05, 3.63) is 18.6 Å². The minimum atomic E-state index is -0.853. The first-order valence-electron chi connectivity index (χ1n) is 4.82. The van der Waals surface area contributed by atoms with E-state index in [2.05, 4.69) is 9.97 Å². The van der Waals surface area contributed by atoms with Gasteiger partial charge in [0.05, 0.1) is 0 Å². The number of nitrogens with zero attached hydrogens (tertiary/aromatic N) is 3. The summed E-state index contributed by atoms with van der Waals surface area (Å²) >= 11 is 0. The Kier molecular flexibility index (Phi) is 4.03. The Hall–Kier alpha value is -1.65. The molecule has 0 fully saturated rings. The average molecular weight is 209 g/mol. The topological polar surface area (TPSA) is 66.3 Å². The number of hydrogen-bond donors (Lipinski definition) is 1. The van der Waals surface area contributed by atoms with Gasteiger partial charge in [0.2, 0.25) is 0 Å². The lowest BCUT2D eigenvalue weighted by Crippen LogP contribution is -2.33. The van der Waals surface area contributed by atoms with E-state index in [9.17, 15) is 4.79 Å². The number of hydrogen-bond acceptors (Lipinski definition) is 4. The SMILES string of the molecule is CC(C)CN(CC(=O)O)c1ccncn1. The molecule has 0 radical (unpaired) electrons. The molecule has 0 aliphatic rings. The normalized spacial score (nSPS) is 10.3. The molecule has 5 nitrogen and oxygen atoms in total. The smallest absolute Gasteiger partial charge is 0.323 e. The van der Waals surface area contributed by atoms with Gasteiger partial charge in [0.15, 0.2) is 0 Å². The fourth-order valence-electron chi connectivity index (χ4n) is 1.31. The van der Waals surface area contributed by atoms with Gasteiger partial charge in [0.1, 0.15) is 18.7 Å². The van der Waals surface area contributed by atoms with Crippen LogP contribution >= 0.6 is 0 Å². The molecule has 0 spiro atoms. The fourth-order valence-corrected chi connectivity index (χ4v) is 1.31. The molecule has 0 atom stereocenters. The summed E-state index contributed by atoms with van der Waals surface area (Å²) in [7, 11) is 0. The molecule has 0 aliphatic heterocycles. The zero-order valence-corrected chi connectivity index (χ0v) is 8.92. The summed E-state index contributed by atoms with van der Waals surface area (Å²) in [6.07, 6.45) is 3.03. The number of anilines is 1. The summed E-state index contributed by atoms with van der Waals surface area (Å²) in [6.45, 7) is 4.71. The predicted octanol–water partition coefficient (Wildman–Crippen LogP) is 1.02. The van der Waals surface area contributed by atoms with Crippen LogP contribution in [0.25, 0.3) is 0 Å². The summed E-state index contributed by atoms with van der Waals surface area (Å²) in [6, 6.07) is 1.71. The van der Waals surface area contributed by atoms with Crippen LogP contribution in [0.1, 0.15) is 13.8 Å². The van der Waals surface area contributed by atoms with E-state index in [0.29, 0.717) is 18.3 Å². The van der Waals surface area contributed by atoms with Crippen molar-refractivity contribution >= 4 is 11.8 Å². The van der Waals surface area contributed by atoms with Crippen LogP contribution < -0.4 is 4.90 Å². The van der Waals surface area contributed by atoms with Crippen LogP contribution in [0.15, 0.2) is 18.6 Å². The van der Waals surface area contributed by atoms with E-state index in [-0.39, 0.29) is 6.54 Å². The van der Waals surface area contributed by atoms with Crippen molar-refractivity contribution in [1.29, 1.82) is 0 Å². The largest absolute Gasteiger partial charge is 0.480 e. The maximum Gasteiger partial charge on any atom is 0.323 e. The second-order valence-corrected chi connectivity index (χ2v) is 3.74. The van der Waals surface area contributed by atoms with Gasteiger partial charge in [-0.25, -0.2) is 9.97 Å². The number of rotatable bonds is 5. The lowest BCUT2D eigenvalue weighted by molar-refractivity contribution is -0.135. The minimum absolute atomic E-state index is 0.0325. The number of carbonyl (C=O) groups is 1. The highest BCUT2D eigenvalue weighted by Gasteiger charge is 2.12. The molecule has 1 aromatic rings. The van der Waals surface area contributed by atoms with Crippen molar-refractivity contribution < 1.29 is 9.90 Å². The lowest BCUT2D eigenvalue weighted by Gasteiger charge is -2.23. The van der Waals surface area contributed by atoms with Gasteiger partial charge in [-0.05, 0) is 12.0 Å². The van der Waals surface area contributed by atoms with Gasteiger partial charge in [0.25, 0.3) is 0 Å². The first-order valence-corrected chi connectivity index (χ1v) is 4.82. The molecule has 82 valence electrons. The van der Waals surface area contributed by atoms with Crippen molar-refractivity contribution in [2.45, 2.75) is 13.8 Å². The van der Waals surface area contributed by atoms with E-state index in [1.165, 1.54) is 6.33 Å². The third kappa shape index (κ3) is 3.93. The van der Waals surface area contributed by atoms with Gasteiger partial charge in [-0.15, -0.1) is 0 Å². The highest BCUT2D eigenvalue weighted by atomic mass is 16.4. The van der Waals surface area contributed by atoms with Crippen LogP contribution in [0.2, 0.25) is 0 Å². The van der Waals surface area contributed by atoms with Crippen molar-refractivity contribution in [1.82, 2.24) is 9.97 Å². The molecular formula is C10H15N3O2. The van der Waals surface area contributed by atoms with Crippen LogP contribution in [0.3, 0.4) is 0 Å². The summed E-state index contributed by atoms with van der Waals surface area (Å²) in [5.74, 6) is 0.190. The molecule has 0 amide bonds. The predicted molar refractivity (Wildman–Crippen MR) is 56.7 cm³/mol. The van der Waals surface area contributed by atoms with E-state index in [0.717, 1.165) is 0 Å². The van der Waals surface area contributed by atoms with Gasteiger partial charge < -0.3 is 10.0 Å². The van der Waals surface area contributed by atoms with Gasteiger partial charge in [0, 0.05) is 12.7 Å². The molecule has 1 N–H and O–H groups in total. The Balaban J connectivity index is 2.76. The van der Waals surface area contributed by atoms with E-state index < -0.39 is 5.97 Å². The van der Waals surface area contributed by atoms with Gasteiger partial charge in [-0.3, -0.25) is 4.79 Å². The van der Waals surface area contributed by atoms with E-state index in [1.54, 1.807) is 17.2 Å². The number of aromatic nitrogens is 2. The van der Waals surface area contributed by atoms with Crippen LogP contribution in [-0.4, -0.2) is 34.1 Å². The van der Waals surface area contributed by atoms with Gasteiger partial charge in [-0.1, -0.05) is 13.8 Å². The Morgan fingerprint density at radius 1 is 1.60 bits per heavy atom. The molecule has 5 heteroatoms. The maximum absolute atomic E-state index is 10.7. The molecular weight excluding hydrogens is 194 g/mol. The third-order valence-electron chi connectivity index (χ3n) is 1.80. The summed E-state index contributed by atoms with van der Waals surface area (Å²) < 4.78 is 0. The summed E-state index contributed by atoms with van der Waals surface area (Å²) in [4.78, 5) is 20.2. The van der Waals surface area contributed by atoms with Crippen molar-refractivity contribution in [3.63, 3.8) is 0 Å². The zero-order valence-electron chi connectivity index (χ0n) is 8.92. The first-order chi connectivity index (χ1) is 7.09. The molecule has 0 unspecified atom stereocenters. The van der Waals surface area contributed by atoms with Gasteiger partial charge in [-0.2, -0.15) is 0 Å². The molecule has 0 saturated carbocycles. The molecule has 1 heterocycles. The standard InChI is InChI=1S/C10H15N3O2/c1-8(2)5-13(6-10(14)15)9-3-4-11-7-12-9/h3-4,7-8H,5-6H2,1-2H3,(H,14,15). The lowest BCUT2D eigenvalue weighted by atomic mass is 10.2. The Labute approximate surface area is 88.8 Å². The fraction of sp³-hybridized carbons (Fsp3) is 0.500. The monoisotopic (exact) mass is 209 g/mol. The van der Waals surface area contributed by atoms with E-state index >= 15 is 0 Å². The molecule has 1 aromatic heterocycles. The number of aliphatic carboxylic acids is 1. The molecule has 0 saturated heterocycles. The molecule has 0 aliphatic carbocycles. The average Bonchev–Trinajstić information content (AvgIpc) is 2.17. The minimum Gasteiger partial charge on any atom is -0.480 e. The van der Waals surface area contributed by atoms with Crippen LogP contribution in [-0.2, 0) is 4.79 Å². The van der Waals surface area contributed by atoms with Crippen molar-refractivity contribution in [2.24, 2.45) is 5.92 Å². The number of carboxylic acid groups (broad SMARTS) is 1. The molecule has 1 rings (SSSR count). The van der Waals surface area contributed by atoms with Crippen LogP contribution in [0.4, 0.5) is 5.82 Å². The van der Waals surface area contributed by atoms with Crippen LogP contribution in [0, 0.1) is 5.92 Å². The van der Waals surface area contributed by atoms with Crippen LogP contribution in [0.5, 0.6) is 0 Å². The summed E-state index contributed by atoms with van der Waals surface area (Å²) in [5.41, 5.74) is 0. The van der Waals surface area contributed by atoms with E-state index in [1.807, 2.05) is 13.8 Å². The van der Waals surface area contributed by atoms with Crippen molar-refractivity contribution in [2.75, 3.05) is 18.0 Å². The van der Waals surface area contributed by atoms with E-state index in [4.69, 9.17) is 5.11 Å². The Bertz CT molecular complexity index is 314. The second-order valence-electron chi connectivity index (χ2n) is 3.74. The van der Waals surface area contributed by atoms with Crippen molar-refractivity contribution in [3.8, 4) is 0 Å². The van der Waals surface area contributed by atoms with Gasteiger partial charge >= 0.3 is 5.97 Å². The third-order valence-corrected chi connectivity index (χ3v) is 1.80. The quantitative estimate of drug-likeness (QED) is 0.784. The molecule has 0 aromatic carbocycles.